The molecule has 0 amide bonds. The minimum absolute atomic E-state index is 0.0379. The number of pyridine rings is 1. The average molecular weight is 347 g/mol. The van der Waals surface area contributed by atoms with Crippen molar-refractivity contribution in [1.29, 1.82) is 0 Å². The van der Waals surface area contributed by atoms with Crippen LogP contribution in [-0.4, -0.2) is 46.2 Å². The van der Waals surface area contributed by atoms with E-state index in [2.05, 4.69) is 8.61 Å². The van der Waals surface area contributed by atoms with E-state index in [1.807, 2.05) is 0 Å². The molecule has 0 radical (unpaired) electrons. The first-order valence-electron chi connectivity index (χ1n) is 4.95. The summed E-state index contributed by atoms with van der Waals surface area (Å²) in [5.41, 5.74) is 1.27. The number of aliphatic hydroxyl groups excluding tert-OH is 2. The molecular formula is C8H13NO10S2. The van der Waals surface area contributed by atoms with E-state index in [1.54, 1.807) is 6.92 Å². The second-order valence-corrected chi connectivity index (χ2v) is 5.69. The molecule has 13 heteroatoms. The molecule has 122 valence electrons. The maximum Gasteiger partial charge on any atom is 0.413 e. The molecule has 1 aromatic rings. The van der Waals surface area contributed by atoms with Crippen molar-refractivity contribution in [1.82, 2.24) is 4.98 Å². The fourth-order valence-corrected chi connectivity index (χ4v) is 1.97. The highest BCUT2D eigenvalue weighted by Gasteiger charge is 2.15. The fraction of sp³-hybridized carbons (Fsp3) is 0.375. The van der Waals surface area contributed by atoms with Crippen LogP contribution in [0.15, 0.2) is 6.20 Å². The molecule has 0 bridgehead atoms. The van der Waals surface area contributed by atoms with Crippen molar-refractivity contribution in [3.05, 3.63) is 23.0 Å². The van der Waals surface area contributed by atoms with Crippen LogP contribution in [0.4, 0.5) is 0 Å². The summed E-state index contributed by atoms with van der Waals surface area (Å²) in [4.78, 5) is 3.84. The Balaban J connectivity index is 0.000000400. The number of hydrogen-bond acceptors (Lipinski definition) is 9. The van der Waals surface area contributed by atoms with Gasteiger partial charge < -0.3 is 15.3 Å². The maximum atomic E-state index is 9.44. The third kappa shape index (κ3) is 7.86. The van der Waals surface area contributed by atoms with Gasteiger partial charge in [0, 0.05) is 17.3 Å². The number of rotatable bonds is 4. The van der Waals surface area contributed by atoms with Gasteiger partial charge in [-0.2, -0.15) is 16.8 Å². The first-order chi connectivity index (χ1) is 9.41. The predicted molar refractivity (Wildman–Crippen MR) is 66.7 cm³/mol. The standard InChI is InChI=1S/C8H11NO3.H2O7S2/c1-5-8(12)7(4-11)6(3-10)2-9-5;1-8(2,3)7-9(4,5)6/h2,10-12H,3-4H2,1H3;(H,1,2,3)(H,4,5,6). The Morgan fingerprint density at radius 2 is 1.57 bits per heavy atom. The van der Waals surface area contributed by atoms with Gasteiger partial charge >= 0.3 is 20.8 Å². The van der Waals surface area contributed by atoms with Crippen molar-refractivity contribution in [3.8, 4) is 5.75 Å². The minimum atomic E-state index is -5.12. The highest BCUT2D eigenvalue weighted by atomic mass is 32.3. The number of aliphatic hydroxyl groups is 2. The van der Waals surface area contributed by atoms with Crippen LogP contribution in [-0.2, 0) is 37.6 Å². The molecule has 0 aliphatic heterocycles. The number of aromatic hydroxyl groups is 1. The van der Waals surface area contributed by atoms with Crippen molar-refractivity contribution in [3.63, 3.8) is 0 Å². The molecule has 0 spiro atoms. The third-order valence-electron chi connectivity index (χ3n) is 1.93. The highest BCUT2D eigenvalue weighted by Crippen LogP contribution is 2.23. The van der Waals surface area contributed by atoms with Crippen LogP contribution in [0.5, 0.6) is 5.75 Å². The van der Waals surface area contributed by atoms with Crippen LogP contribution in [0.2, 0.25) is 0 Å². The third-order valence-corrected chi connectivity index (χ3v) is 3.31. The van der Waals surface area contributed by atoms with E-state index >= 15 is 0 Å². The van der Waals surface area contributed by atoms with E-state index in [4.69, 9.17) is 19.3 Å². The van der Waals surface area contributed by atoms with Gasteiger partial charge in [0.15, 0.2) is 0 Å². The monoisotopic (exact) mass is 347 g/mol. The van der Waals surface area contributed by atoms with E-state index in [0.29, 0.717) is 16.8 Å². The Hall–Kier alpha value is -1.35. The van der Waals surface area contributed by atoms with E-state index in [-0.39, 0.29) is 19.0 Å². The summed E-state index contributed by atoms with van der Waals surface area (Å²) in [7, 11) is -10.2. The lowest BCUT2D eigenvalue weighted by Gasteiger charge is -2.07. The van der Waals surface area contributed by atoms with Crippen molar-refractivity contribution >= 4 is 20.8 Å². The summed E-state index contributed by atoms with van der Waals surface area (Å²) < 4.78 is 55.6. The van der Waals surface area contributed by atoms with Gasteiger partial charge in [0.25, 0.3) is 0 Å². The number of aryl methyl sites for hydroxylation is 1. The summed E-state index contributed by atoms with van der Waals surface area (Å²) in [5.74, 6) is -0.0379. The van der Waals surface area contributed by atoms with Crippen LogP contribution in [0, 0.1) is 6.92 Å². The molecule has 11 nitrogen and oxygen atoms in total. The van der Waals surface area contributed by atoms with E-state index in [0.717, 1.165) is 0 Å². The Morgan fingerprint density at radius 3 is 1.86 bits per heavy atom. The van der Waals surface area contributed by atoms with E-state index in [1.165, 1.54) is 6.20 Å². The molecule has 0 unspecified atom stereocenters. The second kappa shape index (κ2) is 7.60. The zero-order valence-electron chi connectivity index (χ0n) is 10.5. The lowest BCUT2D eigenvalue weighted by atomic mass is 10.1. The van der Waals surface area contributed by atoms with Crippen LogP contribution >= 0.6 is 0 Å². The zero-order valence-corrected chi connectivity index (χ0v) is 12.2. The van der Waals surface area contributed by atoms with E-state index < -0.39 is 20.8 Å². The lowest BCUT2D eigenvalue weighted by Crippen LogP contribution is -2.10. The molecule has 0 fully saturated rings. The SMILES string of the molecule is Cc1ncc(CO)c(CO)c1O.O=S(=O)(O)OS(=O)(=O)O. The Labute approximate surface area is 120 Å². The number of hydrogen-bond donors (Lipinski definition) is 5. The maximum absolute atomic E-state index is 9.44. The topological polar surface area (TPSA) is 192 Å². The van der Waals surface area contributed by atoms with Crippen molar-refractivity contribution in [2.75, 3.05) is 0 Å². The summed E-state index contributed by atoms with van der Waals surface area (Å²) in [6.45, 7) is 1.12. The molecule has 0 aliphatic carbocycles. The molecule has 0 atom stereocenters. The van der Waals surface area contributed by atoms with Gasteiger partial charge in [0.1, 0.15) is 5.75 Å². The Bertz CT molecular complexity index is 651. The van der Waals surface area contributed by atoms with E-state index in [9.17, 15) is 21.9 Å². The van der Waals surface area contributed by atoms with Crippen LogP contribution < -0.4 is 0 Å². The van der Waals surface area contributed by atoms with Gasteiger partial charge in [-0.15, -0.1) is 3.63 Å². The quantitative estimate of drug-likeness (QED) is 0.406. The Kier molecular flexibility index (Phi) is 7.11. The molecule has 5 N–H and O–H groups in total. The molecule has 0 saturated heterocycles. The summed E-state index contributed by atoms with van der Waals surface area (Å²) in [5, 5.41) is 27.0. The molecule has 1 rings (SSSR count). The molecule has 1 aromatic heterocycles. The second-order valence-electron chi connectivity index (χ2n) is 3.44. The van der Waals surface area contributed by atoms with Crippen LogP contribution in [0.1, 0.15) is 16.8 Å². The van der Waals surface area contributed by atoms with Crippen LogP contribution in [0.3, 0.4) is 0 Å². The molecule has 0 aliphatic rings. The fourth-order valence-electron chi connectivity index (χ4n) is 1.11. The van der Waals surface area contributed by atoms with Crippen molar-refractivity contribution < 1.29 is 44.9 Å². The molecule has 0 saturated carbocycles. The molecule has 21 heavy (non-hydrogen) atoms. The number of aromatic nitrogens is 1. The van der Waals surface area contributed by atoms with Gasteiger partial charge in [0.2, 0.25) is 0 Å². The van der Waals surface area contributed by atoms with Gasteiger partial charge in [-0.05, 0) is 6.92 Å². The minimum Gasteiger partial charge on any atom is -0.506 e. The Morgan fingerprint density at radius 1 is 1.10 bits per heavy atom. The average Bonchev–Trinajstić information content (AvgIpc) is 2.28. The van der Waals surface area contributed by atoms with Gasteiger partial charge in [0.05, 0.1) is 18.9 Å². The molecule has 0 aromatic carbocycles. The normalized spacial score (nSPS) is 11.7. The predicted octanol–water partition coefficient (Wildman–Crippen LogP) is -1.31. The molecule has 1 heterocycles. The molecular weight excluding hydrogens is 334 g/mol. The first kappa shape index (κ1) is 19.7. The summed E-state index contributed by atoms with van der Waals surface area (Å²) in [6, 6.07) is 0. The van der Waals surface area contributed by atoms with Gasteiger partial charge in [-0.3, -0.25) is 14.1 Å². The largest absolute Gasteiger partial charge is 0.506 e. The smallest absolute Gasteiger partial charge is 0.413 e. The van der Waals surface area contributed by atoms with Gasteiger partial charge in [-0.1, -0.05) is 0 Å². The highest BCUT2D eigenvalue weighted by molar-refractivity contribution is 7.94. The van der Waals surface area contributed by atoms with Crippen molar-refractivity contribution in [2.24, 2.45) is 0 Å². The summed E-state index contributed by atoms with van der Waals surface area (Å²) in [6.07, 6.45) is 1.45. The summed E-state index contributed by atoms with van der Waals surface area (Å²) >= 11 is 0. The van der Waals surface area contributed by atoms with Crippen LogP contribution in [0.25, 0.3) is 0 Å². The van der Waals surface area contributed by atoms with Crippen molar-refractivity contribution in [2.45, 2.75) is 20.1 Å². The lowest BCUT2D eigenvalue weighted by molar-refractivity contribution is 0.254. The first-order valence-corrected chi connectivity index (χ1v) is 7.68. The number of nitrogens with zero attached hydrogens (tertiary/aromatic N) is 1. The zero-order chi connectivity index (χ0) is 16.8. The van der Waals surface area contributed by atoms with Gasteiger partial charge in [-0.25, -0.2) is 0 Å².